The summed E-state index contributed by atoms with van der Waals surface area (Å²) in [5.74, 6) is -0.810. The molecule has 0 radical (unpaired) electrons. The molecular formula is C23H17Cl3N2O2. The highest BCUT2D eigenvalue weighted by Gasteiger charge is 2.16. The average Bonchev–Trinajstić information content (AvgIpc) is 2.73. The summed E-state index contributed by atoms with van der Waals surface area (Å²) >= 11 is 18.6. The Kier molecular flexibility index (Phi) is 7.52. The lowest BCUT2D eigenvalue weighted by Crippen LogP contribution is -2.26. The van der Waals surface area contributed by atoms with Crippen molar-refractivity contribution in [3.05, 3.63) is 111 Å². The lowest BCUT2D eigenvalue weighted by atomic mass is 10.1. The molecule has 0 saturated heterocycles. The summed E-state index contributed by atoms with van der Waals surface area (Å²) in [6.07, 6.45) is 1.26. The van der Waals surface area contributed by atoms with Gasteiger partial charge in [-0.3, -0.25) is 9.59 Å². The zero-order valence-corrected chi connectivity index (χ0v) is 17.9. The van der Waals surface area contributed by atoms with E-state index in [9.17, 15) is 9.59 Å². The second-order valence-corrected chi connectivity index (χ2v) is 7.57. The van der Waals surface area contributed by atoms with Crippen LogP contribution in [0, 0.1) is 0 Å². The smallest absolute Gasteiger partial charge is 0.255 e. The molecule has 152 valence electrons. The largest absolute Gasteiger partial charge is 0.348 e. The summed E-state index contributed by atoms with van der Waals surface area (Å²) < 4.78 is 0. The van der Waals surface area contributed by atoms with Crippen LogP contribution in [-0.4, -0.2) is 11.8 Å². The molecule has 0 unspecified atom stereocenters. The predicted octanol–water partition coefficient (Wildman–Crippen LogP) is 5.73. The van der Waals surface area contributed by atoms with E-state index in [0.29, 0.717) is 26.2 Å². The molecule has 0 heterocycles. The van der Waals surface area contributed by atoms with Gasteiger partial charge >= 0.3 is 0 Å². The fourth-order valence-electron chi connectivity index (χ4n) is 2.73. The van der Waals surface area contributed by atoms with Gasteiger partial charge in [0.25, 0.3) is 5.91 Å². The first kappa shape index (κ1) is 21.9. The van der Waals surface area contributed by atoms with E-state index >= 15 is 0 Å². The normalized spacial score (nSPS) is 11.1. The molecular weight excluding hydrogens is 443 g/mol. The van der Waals surface area contributed by atoms with Crippen molar-refractivity contribution in [3.8, 4) is 0 Å². The van der Waals surface area contributed by atoms with Gasteiger partial charge in [-0.05, 0) is 42.0 Å². The van der Waals surface area contributed by atoms with Gasteiger partial charge in [-0.1, -0.05) is 71.2 Å². The molecule has 3 rings (SSSR count). The van der Waals surface area contributed by atoms with Crippen molar-refractivity contribution >= 4 is 52.3 Å². The lowest BCUT2D eigenvalue weighted by Gasteiger charge is -2.14. The minimum atomic E-state index is -0.422. The fraction of sp³-hybridized carbons (Fsp3) is 0.0435. The van der Waals surface area contributed by atoms with Crippen LogP contribution in [0.5, 0.6) is 0 Å². The molecule has 0 fully saturated rings. The van der Waals surface area contributed by atoms with E-state index in [0.717, 1.165) is 5.56 Å². The standard InChI is InChI=1S/C23H17Cl3N2O2/c24-17-9-4-6-15(12-17)14-27-21(29)13-20(22-18(25)10-5-11-19(22)26)28-23(30)16-7-2-1-3-8-16/h1-13H,14H2,(H,27,29)(H,28,30)/b20-13+. The molecule has 0 bridgehead atoms. The van der Waals surface area contributed by atoms with Crippen LogP contribution in [-0.2, 0) is 11.3 Å². The summed E-state index contributed by atoms with van der Waals surface area (Å²) in [6.45, 7) is 0.270. The molecule has 0 aliphatic rings. The summed E-state index contributed by atoms with van der Waals surface area (Å²) in [5, 5.41) is 6.71. The molecule has 2 N–H and O–H groups in total. The van der Waals surface area contributed by atoms with Gasteiger partial charge in [0.05, 0.1) is 15.7 Å². The molecule has 4 nitrogen and oxygen atoms in total. The molecule has 7 heteroatoms. The van der Waals surface area contributed by atoms with Gasteiger partial charge < -0.3 is 10.6 Å². The van der Waals surface area contributed by atoms with Gasteiger partial charge in [0.1, 0.15) is 0 Å². The highest BCUT2D eigenvalue weighted by Crippen LogP contribution is 2.30. The second-order valence-electron chi connectivity index (χ2n) is 6.32. The monoisotopic (exact) mass is 458 g/mol. The summed E-state index contributed by atoms with van der Waals surface area (Å²) in [5.41, 5.74) is 1.84. The third-order valence-corrected chi connectivity index (χ3v) is 5.01. The summed E-state index contributed by atoms with van der Waals surface area (Å²) in [7, 11) is 0. The molecule has 3 aromatic carbocycles. The molecule has 0 aromatic heterocycles. The number of carbonyl (C=O) groups is 2. The van der Waals surface area contributed by atoms with Gasteiger partial charge in [0, 0.05) is 28.8 Å². The Morgan fingerprint density at radius 3 is 2.17 bits per heavy atom. The maximum absolute atomic E-state index is 12.7. The van der Waals surface area contributed by atoms with Crippen molar-refractivity contribution in [1.82, 2.24) is 10.6 Å². The van der Waals surface area contributed by atoms with Gasteiger partial charge in [-0.25, -0.2) is 0 Å². The average molecular weight is 460 g/mol. The van der Waals surface area contributed by atoms with Crippen molar-refractivity contribution in [2.75, 3.05) is 0 Å². The van der Waals surface area contributed by atoms with E-state index in [1.54, 1.807) is 60.7 Å². The van der Waals surface area contributed by atoms with E-state index in [1.807, 2.05) is 12.1 Å². The van der Waals surface area contributed by atoms with E-state index in [2.05, 4.69) is 10.6 Å². The highest BCUT2D eigenvalue weighted by atomic mass is 35.5. The number of hydrogen-bond acceptors (Lipinski definition) is 2. The third-order valence-electron chi connectivity index (χ3n) is 4.15. The number of carbonyl (C=O) groups excluding carboxylic acids is 2. The summed E-state index contributed by atoms with van der Waals surface area (Å²) in [4.78, 5) is 25.2. The van der Waals surface area contributed by atoms with Crippen LogP contribution >= 0.6 is 34.8 Å². The zero-order chi connectivity index (χ0) is 21.5. The van der Waals surface area contributed by atoms with Crippen molar-refractivity contribution in [2.24, 2.45) is 0 Å². The van der Waals surface area contributed by atoms with Crippen LogP contribution in [0.3, 0.4) is 0 Å². The Morgan fingerprint density at radius 1 is 0.833 bits per heavy atom. The van der Waals surface area contributed by atoms with Crippen LogP contribution in [0.4, 0.5) is 0 Å². The van der Waals surface area contributed by atoms with Crippen LogP contribution < -0.4 is 10.6 Å². The highest BCUT2D eigenvalue weighted by molar-refractivity contribution is 6.38. The Labute approximate surface area is 189 Å². The minimum absolute atomic E-state index is 0.197. The molecule has 0 spiro atoms. The van der Waals surface area contributed by atoms with Crippen LogP contribution in [0.25, 0.3) is 5.70 Å². The number of nitrogens with one attached hydrogen (secondary N) is 2. The second kappa shape index (κ2) is 10.3. The quantitative estimate of drug-likeness (QED) is 0.462. The van der Waals surface area contributed by atoms with Gasteiger partial charge in [0.15, 0.2) is 0 Å². The van der Waals surface area contributed by atoms with Crippen molar-refractivity contribution in [2.45, 2.75) is 6.54 Å². The van der Waals surface area contributed by atoms with Gasteiger partial charge in [-0.15, -0.1) is 0 Å². The van der Waals surface area contributed by atoms with Crippen molar-refractivity contribution in [1.29, 1.82) is 0 Å². The van der Waals surface area contributed by atoms with Crippen LogP contribution in [0.2, 0.25) is 15.1 Å². The maximum atomic E-state index is 12.7. The topological polar surface area (TPSA) is 58.2 Å². The molecule has 0 aliphatic heterocycles. The number of halogens is 3. The molecule has 0 atom stereocenters. The Bertz CT molecular complexity index is 1080. The fourth-order valence-corrected chi connectivity index (χ4v) is 3.54. The van der Waals surface area contributed by atoms with E-state index in [-0.39, 0.29) is 18.1 Å². The number of benzene rings is 3. The van der Waals surface area contributed by atoms with Gasteiger partial charge in [-0.2, -0.15) is 0 Å². The molecule has 3 aromatic rings. The SMILES string of the molecule is O=C(/C=C(/NC(=O)c1ccccc1)c1c(Cl)cccc1Cl)NCc1cccc(Cl)c1. The molecule has 0 saturated carbocycles. The Balaban J connectivity index is 1.86. The van der Waals surface area contributed by atoms with Crippen LogP contribution in [0.15, 0.2) is 78.9 Å². The molecule has 30 heavy (non-hydrogen) atoms. The lowest BCUT2D eigenvalue weighted by molar-refractivity contribution is -0.116. The number of hydrogen-bond donors (Lipinski definition) is 2. The first-order valence-electron chi connectivity index (χ1n) is 8.99. The van der Waals surface area contributed by atoms with Crippen molar-refractivity contribution in [3.63, 3.8) is 0 Å². The Morgan fingerprint density at radius 2 is 1.50 bits per heavy atom. The maximum Gasteiger partial charge on any atom is 0.255 e. The van der Waals surface area contributed by atoms with Crippen molar-refractivity contribution < 1.29 is 9.59 Å². The van der Waals surface area contributed by atoms with E-state index in [4.69, 9.17) is 34.8 Å². The third kappa shape index (κ3) is 5.86. The molecule has 2 amide bonds. The first-order chi connectivity index (χ1) is 14.4. The molecule has 0 aliphatic carbocycles. The zero-order valence-electron chi connectivity index (χ0n) is 15.7. The summed E-state index contributed by atoms with van der Waals surface area (Å²) in [6, 6.07) is 20.7. The first-order valence-corrected chi connectivity index (χ1v) is 10.1. The van der Waals surface area contributed by atoms with Gasteiger partial charge in [0.2, 0.25) is 5.91 Å². The van der Waals surface area contributed by atoms with Crippen LogP contribution in [0.1, 0.15) is 21.5 Å². The number of amides is 2. The van der Waals surface area contributed by atoms with E-state index in [1.165, 1.54) is 6.08 Å². The minimum Gasteiger partial charge on any atom is -0.348 e. The Hall–Kier alpha value is -2.79. The number of rotatable bonds is 6. The van der Waals surface area contributed by atoms with E-state index < -0.39 is 5.91 Å². The predicted molar refractivity (Wildman–Crippen MR) is 122 cm³/mol.